The molecule has 2 amide bonds. The molecule has 0 unspecified atom stereocenters. The zero-order valence-corrected chi connectivity index (χ0v) is 12.6. The van der Waals surface area contributed by atoms with Gasteiger partial charge in [0.2, 0.25) is 0 Å². The van der Waals surface area contributed by atoms with Gasteiger partial charge in [0, 0.05) is 26.2 Å². The van der Waals surface area contributed by atoms with Crippen LogP contribution in [0.1, 0.15) is 16.9 Å². The van der Waals surface area contributed by atoms with Gasteiger partial charge in [-0.05, 0) is 22.0 Å². The third-order valence-corrected chi connectivity index (χ3v) is 2.78. The van der Waals surface area contributed by atoms with E-state index in [4.69, 9.17) is 11.1 Å². The Morgan fingerprint density at radius 3 is 2.75 bits per heavy atom. The van der Waals surface area contributed by atoms with Crippen LogP contribution in [0, 0.1) is 5.41 Å². The molecule has 0 aliphatic rings. The molecule has 0 radical (unpaired) electrons. The molecule has 8 heteroatoms. The lowest BCUT2D eigenvalue weighted by molar-refractivity contribution is -0.112. The predicted octanol–water partition coefficient (Wildman–Crippen LogP) is 0.928. The molecular weight excluding hydrogens is 326 g/mol. The van der Waals surface area contributed by atoms with Crippen LogP contribution in [0.4, 0.5) is 5.69 Å². The van der Waals surface area contributed by atoms with Crippen molar-refractivity contribution in [1.82, 2.24) is 9.88 Å². The van der Waals surface area contributed by atoms with E-state index in [0.717, 1.165) is 0 Å². The quantitative estimate of drug-likeness (QED) is 0.350. The Hall–Kier alpha value is -2.09. The average Bonchev–Trinajstić information content (AvgIpc) is 2.69. The second-order valence-electron chi connectivity index (χ2n) is 4.12. The maximum Gasteiger partial charge on any atom is 0.267 e. The van der Waals surface area contributed by atoms with Crippen molar-refractivity contribution in [3.63, 3.8) is 0 Å². The minimum atomic E-state index is -0.376. The van der Waals surface area contributed by atoms with Gasteiger partial charge in [0.1, 0.15) is 5.69 Å². The van der Waals surface area contributed by atoms with Crippen molar-refractivity contribution in [2.24, 2.45) is 12.8 Å². The molecular formula is C12H16BrN5O2. The van der Waals surface area contributed by atoms with Gasteiger partial charge >= 0.3 is 0 Å². The summed E-state index contributed by atoms with van der Waals surface area (Å²) >= 11 is 2.97. The molecule has 1 aromatic heterocycles. The van der Waals surface area contributed by atoms with Gasteiger partial charge in [0.05, 0.1) is 16.0 Å². The summed E-state index contributed by atoms with van der Waals surface area (Å²) in [5, 5.41) is 12.3. The number of halogens is 1. The second-order valence-corrected chi connectivity index (χ2v) is 5.07. The zero-order chi connectivity index (χ0) is 15.3. The van der Waals surface area contributed by atoms with Crippen LogP contribution >= 0.6 is 15.9 Å². The highest BCUT2D eigenvalue weighted by Crippen LogP contribution is 2.14. The van der Waals surface area contributed by atoms with E-state index in [1.807, 2.05) is 0 Å². The number of carbonyl (C=O) groups is 2. The van der Waals surface area contributed by atoms with Crippen molar-refractivity contribution >= 4 is 39.3 Å². The zero-order valence-electron chi connectivity index (χ0n) is 11.0. The molecule has 0 spiro atoms. The lowest BCUT2D eigenvalue weighted by Crippen LogP contribution is -2.28. The van der Waals surface area contributed by atoms with E-state index in [1.54, 1.807) is 23.9 Å². The number of aryl methyl sites for hydroxylation is 1. The average molecular weight is 342 g/mol. The number of carbonyl (C=O) groups excluding carboxylic acids is 2. The van der Waals surface area contributed by atoms with E-state index in [9.17, 15) is 9.59 Å². The molecule has 20 heavy (non-hydrogen) atoms. The van der Waals surface area contributed by atoms with Gasteiger partial charge in [-0.25, -0.2) is 0 Å². The smallest absolute Gasteiger partial charge is 0.267 e. The fraction of sp³-hybridized carbons (Fsp3) is 0.250. The molecule has 1 heterocycles. The van der Waals surface area contributed by atoms with Crippen molar-refractivity contribution in [3.05, 3.63) is 29.0 Å². The highest BCUT2D eigenvalue weighted by Gasteiger charge is 2.13. The third-order valence-electron chi connectivity index (χ3n) is 2.42. The summed E-state index contributed by atoms with van der Waals surface area (Å²) in [5.41, 5.74) is 6.09. The van der Waals surface area contributed by atoms with E-state index in [0.29, 0.717) is 24.3 Å². The van der Waals surface area contributed by atoms with Gasteiger partial charge < -0.3 is 20.9 Å². The van der Waals surface area contributed by atoms with Gasteiger partial charge in [0.15, 0.2) is 0 Å². The Morgan fingerprint density at radius 2 is 2.20 bits per heavy atom. The van der Waals surface area contributed by atoms with Crippen molar-refractivity contribution in [3.8, 4) is 0 Å². The molecule has 0 fully saturated rings. The maximum atomic E-state index is 11.9. The second kappa shape index (κ2) is 6.90. The van der Waals surface area contributed by atoms with Crippen LogP contribution in [0.25, 0.3) is 0 Å². The highest BCUT2D eigenvalue weighted by atomic mass is 79.9. The Bertz CT molecular complexity index is 564. The monoisotopic (exact) mass is 341 g/mol. The molecule has 0 aromatic carbocycles. The van der Waals surface area contributed by atoms with E-state index < -0.39 is 0 Å². The number of hydrogen-bond donors (Lipinski definition) is 4. The Labute approximate surface area is 124 Å². The maximum absolute atomic E-state index is 11.9. The standard InChI is InChI=1S/C12H16BrN5O2/c1-7(13)11(19)17-8-5-9(18(2)6-8)12(20)16-4-3-10(14)15/h5-6H,1,3-4H2,2H3,(H3,14,15)(H,16,20)(H,17,19). The summed E-state index contributed by atoms with van der Waals surface area (Å²) in [6.07, 6.45) is 1.91. The van der Waals surface area contributed by atoms with Crippen molar-refractivity contribution < 1.29 is 9.59 Å². The first-order valence-corrected chi connectivity index (χ1v) is 6.53. The number of anilines is 1. The van der Waals surface area contributed by atoms with Gasteiger partial charge in [-0.2, -0.15) is 0 Å². The minimum Gasteiger partial charge on any atom is -0.388 e. The topological polar surface area (TPSA) is 113 Å². The molecule has 0 saturated carbocycles. The normalized spacial score (nSPS) is 9.90. The van der Waals surface area contributed by atoms with E-state index in [1.165, 1.54) is 0 Å². The summed E-state index contributed by atoms with van der Waals surface area (Å²) < 4.78 is 1.80. The summed E-state index contributed by atoms with van der Waals surface area (Å²) in [5.74, 6) is -0.660. The lowest BCUT2D eigenvalue weighted by Gasteiger charge is -2.04. The van der Waals surface area contributed by atoms with E-state index >= 15 is 0 Å². The van der Waals surface area contributed by atoms with Crippen molar-refractivity contribution in [2.75, 3.05) is 11.9 Å². The lowest BCUT2D eigenvalue weighted by atomic mass is 10.3. The molecule has 0 atom stereocenters. The minimum absolute atomic E-state index is 0.0148. The molecule has 108 valence electrons. The molecule has 0 saturated heterocycles. The number of nitrogens with two attached hydrogens (primary N) is 1. The first-order chi connectivity index (χ1) is 9.31. The molecule has 1 rings (SSSR count). The Balaban J connectivity index is 2.69. The van der Waals surface area contributed by atoms with Crippen LogP contribution in [-0.4, -0.2) is 28.8 Å². The fourth-order valence-corrected chi connectivity index (χ4v) is 1.56. The van der Waals surface area contributed by atoms with Crippen LogP contribution in [0.5, 0.6) is 0 Å². The number of amides is 2. The summed E-state index contributed by atoms with van der Waals surface area (Å²) in [7, 11) is 1.69. The van der Waals surface area contributed by atoms with E-state index in [2.05, 4.69) is 33.1 Å². The number of rotatable bonds is 6. The van der Waals surface area contributed by atoms with Crippen LogP contribution in [0.3, 0.4) is 0 Å². The fourth-order valence-electron chi connectivity index (χ4n) is 1.46. The SMILES string of the molecule is C=C(Br)C(=O)Nc1cc(C(=O)NCCC(=N)N)n(C)c1. The van der Waals surface area contributed by atoms with Crippen molar-refractivity contribution in [1.29, 1.82) is 5.41 Å². The van der Waals surface area contributed by atoms with Gasteiger partial charge in [-0.3, -0.25) is 15.0 Å². The third kappa shape index (κ3) is 4.54. The van der Waals surface area contributed by atoms with Gasteiger partial charge in [-0.15, -0.1) is 0 Å². The number of nitrogens with zero attached hydrogens (tertiary/aromatic N) is 1. The van der Waals surface area contributed by atoms with Gasteiger partial charge in [0.25, 0.3) is 11.8 Å². The molecule has 7 nitrogen and oxygen atoms in total. The number of aromatic nitrogens is 1. The number of nitrogens with one attached hydrogen (secondary N) is 3. The van der Waals surface area contributed by atoms with Crippen LogP contribution < -0.4 is 16.4 Å². The van der Waals surface area contributed by atoms with Crippen molar-refractivity contribution in [2.45, 2.75) is 6.42 Å². The van der Waals surface area contributed by atoms with Crippen LogP contribution in [-0.2, 0) is 11.8 Å². The predicted molar refractivity (Wildman–Crippen MR) is 81.0 cm³/mol. The molecule has 5 N–H and O–H groups in total. The molecule has 0 aliphatic carbocycles. The first kappa shape index (κ1) is 16.0. The van der Waals surface area contributed by atoms with Crippen LogP contribution in [0.15, 0.2) is 23.3 Å². The van der Waals surface area contributed by atoms with Crippen LogP contribution in [0.2, 0.25) is 0 Å². The number of amidine groups is 1. The highest BCUT2D eigenvalue weighted by molar-refractivity contribution is 9.12. The van der Waals surface area contributed by atoms with E-state index in [-0.39, 0.29) is 22.1 Å². The van der Waals surface area contributed by atoms with Gasteiger partial charge in [-0.1, -0.05) is 6.58 Å². The largest absolute Gasteiger partial charge is 0.388 e. The first-order valence-electron chi connectivity index (χ1n) is 5.74. The number of hydrogen-bond acceptors (Lipinski definition) is 3. The summed E-state index contributed by atoms with van der Waals surface area (Å²) in [4.78, 5) is 23.3. The molecule has 0 aliphatic heterocycles. The Morgan fingerprint density at radius 1 is 1.55 bits per heavy atom. The Kier molecular flexibility index (Phi) is 5.51. The summed E-state index contributed by atoms with van der Waals surface area (Å²) in [6, 6.07) is 1.55. The molecule has 0 bridgehead atoms. The molecule has 1 aromatic rings. The summed E-state index contributed by atoms with van der Waals surface area (Å²) in [6.45, 7) is 3.75.